The Morgan fingerprint density at radius 1 is 1.10 bits per heavy atom. The van der Waals surface area contributed by atoms with E-state index in [1.807, 2.05) is 35.2 Å². The van der Waals surface area contributed by atoms with Gasteiger partial charge in [0.2, 0.25) is 0 Å². The second kappa shape index (κ2) is 9.56. The van der Waals surface area contributed by atoms with Gasteiger partial charge in [0, 0.05) is 30.9 Å². The number of carbonyl (C=O) groups is 2. The molecule has 0 aromatic heterocycles. The van der Waals surface area contributed by atoms with Gasteiger partial charge < -0.3 is 15.0 Å². The lowest BCUT2D eigenvalue weighted by molar-refractivity contribution is 0.127. The van der Waals surface area contributed by atoms with Gasteiger partial charge in [-0.25, -0.2) is 14.0 Å². The van der Waals surface area contributed by atoms with E-state index in [1.165, 1.54) is 12.1 Å². The largest absolute Gasteiger partial charge is 0.445 e. The maximum atomic E-state index is 13.8. The van der Waals surface area contributed by atoms with Crippen LogP contribution >= 0.6 is 11.6 Å². The Hall–Kier alpha value is -2.80. The number of benzene rings is 2. The minimum absolute atomic E-state index is 0.0405. The van der Waals surface area contributed by atoms with E-state index in [0.29, 0.717) is 18.8 Å². The summed E-state index contributed by atoms with van der Waals surface area (Å²) in [4.78, 5) is 28.4. The van der Waals surface area contributed by atoms with Crippen molar-refractivity contribution in [2.24, 2.45) is 0 Å². The number of carbonyl (C=O) groups excluding carboxylic acids is 2. The van der Waals surface area contributed by atoms with Crippen LogP contribution in [0.2, 0.25) is 5.02 Å². The van der Waals surface area contributed by atoms with Crippen LogP contribution in [-0.4, -0.2) is 42.2 Å². The number of halogens is 2. The molecule has 0 atom stereocenters. The van der Waals surface area contributed by atoms with E-state index in [2.05, 4.69) is 5.32 Å². The zero-order chi connectivity index (χ0) is 21.8. The summed E-state index contributed by atoms with van der Waals surface area (Å²) in [5, 5.41) is 2.97. The monoisotopic (exact) mass is 445 g/mol. The van der Waals surface area contributed by atoms with Crippen molar-refractivity contribution in [2.75, 3.05) is 18.0 Å². The molecule has 31 heavy (non-hydrogen) atoms. The topological polar surface area (TPSA) is 61.9 Å². The van der Waals surface area contributed by atoms with Gasteiger partial charge in [0.1, 0.15) is 12.4 Å². The number of amides is 3. The van der Waals surface area contributed by atoms with Gasteiger partial charge >= 0.3 is 12.1 Å². The van der Waals surface area contributed by atoms with Gasteiger partial charge in [0.05, 0.1) is 5.02 Å². The lowest BCUT2D eigenvalue weighted by Crippen LogP contribution is -2.45. The lowest BCUT2D eigenvalue weighted by Gasteiger charge is -2.34. The smallest absolute Gasteiger partial charge is 0.407 e. The minimum Gasteiger partial charge on any atom is -0.445 e. The van der Waals surface area contributed by atoms with Gasteiger partial charge in [0.15, 0.2) is 0 Å². The third-order valence-electron chi connectivity index (χ3n) is 5.93. The average molecular weight is 446 g/mol. The van der Waals surface area contributed by atoms with E-state index in [9.17, 15) is 14.0 Å². The molecule has 0 unspecified atom stereocenters. The second-order valence-corrected chi connectivity index (χ2v) is 8.34. The van der Waals surface area contributed by atoms with E-state index < -0.39 is 11.9 Å². The molecule has 6 nitrogen and oxygen atoms in total. The van der Waals surface area contributed by atoms with Gasteiger partial charge in [-0.3, -0.25) is 4.90 Å². The molecule has 0 spiro atoms. The predicted molar refractivity (Wildman–Crippen MR) is 117 cm³/mol. The molecule has 4 rings (SSSR count). The molecule has 2 aromatic carbocycles. The molecular formula is C23H25ClFN3O3. The van der Waals surface area contributed by atoms with Gasteiger partial charge in [-0.05, 0) is 49.4 Å². The van der Waals surface area contributed by atoms with Gasteiger partial charge in [-0.1, -0.05) is 41.9 Å². The molecule has 2 aromatic rings. The Bertz CT molecular complexity index is 935. The summed E-state index contributed by atoms with van der Waals surface area (Å²) in [7, 11) is 0. The standard InChI is InChI=1S/C23H25ClFN3O3/c24-20-11-10-19(14-21(20)25)28-13-12-27(23(28)30)18-8-6-17(7-9-18)26-22(29)31-15-16-4-2-1-3-5-16/h1-5,10-11,14,17-18H,6-9,12-13,15H2,(H,26,29). The fourth-order valence-electron chi connectivity index (χ4n) is 4.25. The highest BCUT2D eigenvalue weighted by atomic mass is 35.5. The molecule has 164 valence electrons. The summed E-state index contributed by atoms with van der Waals surface area (Å²) >= 11 is 5.75. The maximum absolute atomic E-state index is 13.8. The third kappa shape index (κ3) is 5.10. The molecule has 1 aliphatic carbocycles. The molecule has 1 heterocycles. The fourth-order valence-corrected chi connectivity index (χ4v) is 4.37. The SMILES string of the molecule is O=C(NC1CCC(N2CCN(c3ccc(Cl)c(F)c3)C2=O)CC1)OCc1ccccc1. The van der Waals surface area contributed by atoms with E-state index in [-0.39, 0.29) is 29.7 Å². The van der Waals surface area contributed by atoms with Gasteiger partial charge in [-0.15, -0.1) is 0 Å². The number of ether oxygens (including phenoxy) is 1. The van der Waals surface area contributed by atoms with Crippen LogP contribution in [0.1, 0.15) is 31.2 Å². The molecule has 1 saturated heterocycles. The van der Waals surface area contributed by atoms with Crippen LogP contribution in [0.3, 0.4) is 0 Å². The molecule has 1 saturated carbocycles. The highest BCUT2D eigenvalue weighted by Crippen LogP contribution is 2.30. The van der Waals surface area contributed by atoms with Crippen molar-refractivity contribution in [3.8, 4) is 0 Å². The van der Waals surface area contributed by atoms with E-state index in [1.54, 1.807) is 11.0 Å². The molecule has 1 N–H and O–H groups in total. The van der Waals surface area contributed by atoms with Crippen LogP contribution in [0, 0.1) is 5.82 Å². The Kier molecular flexibility index (Phi) is 6.61. The molecule has 0 radical (unpaired) electrons. The highest BCUT2D eigenvalue weighted by molar-refractivity contribution is 6.30. The Balaban J connectivity index is 1.24. The average Bonchev–Trinajstić information content (AvgIpc) is 3.17. The van der Waals surface area contributed by atoms with Crippen LogP contribution in [0.4, 0.5) is 19.7 Å². The van der Waals surface area contributed by atoms with Crippen LogP contribution in [-0.2, 0) is 11.3 Å². The summed E-state index contributed by atoms with van der Waals surface area (Å²) in [5.74, 6) is -0.531. The number of urea groups is 1. The number of alkyl carbamates (subject to hydrolysis) is 1. The first-order valence-electron chi connectivity index (χ1n) is 10.5. The first kappa shape index (κ1) is 21.4. The number of anilines is 1. The Labute approximate surface area is 185 Å². The summed E-state index contributed by atoms with van der Waals surface area (Å²) in [6.07, 6.45) is 2.76. The summed E-state index contributed by atoms with van der Waals surface area (Å²) in [6, 6.07) is 14.0. The normalized spacial score (nSPS) is 21.3. The predicted octanol–water partition coefficient (Wildman–Crippen LogP) is 4.96. The van der Waals surface area contributed by atoms with Crippen LogP contribution in [0.5, 0.6) is 0 Å². The lowest BCUT2D eigenvalue weighted by atomic mass is 9.90. The quantitative estimate of drug-likeness (QED) is 0.707. The highest BCUT2D eigenvalue weighted by Gasteiger charge is 2.36. The number of rotatable bonds is 5. The van der Waals surface area contributed by atoms with Crippen LogP contribution in [0.15, 0.2) is 48.5 Å². The van der Waals surface area contributed by atoms with E-state index in [0.717, 1.165) is 31.2 Å². The molecule has 8 heteroatoms. The van der Waals surface area contributed by atoms with Crippen LogP contribution < -0.4 is 10.2 Å². The maximum Gasteiger partial charge on any atom is 0.407 e. The van der Waals surface area contributed by atoms with Crippen molar-refractivity contribution in [3.05, 3.63) is 64.9 Å². The Morgan fingerprint density at radius 2 is 1.84 bits per heavy atom. The first-order valence-corrected chi connectivity index (χ1v) is 10.9. The Morgan fingerprint density at radius 3 is 2.55 bits per heavy atom. The van der Waals surface area contributed by atoms with Crippen molar-refractivity contribution in [1.29, 1.82) is 0 Å². The van der Waals surface area contributed by atoms with Crippen molar-refractivity contribution in [1.82, 2.24) is 10.2 Å². The zero-order valence-electron chi connectivity index (χ0n) is 17.1. The second-order valence-electron chi connectivity index (χ2n) is 7.94. The third-order valence-corrected chi connectivity index (χ3v) is 6.23. The van der Waals surface area contributed by atoms with Crippen LogP contribution in [0.25, 0.3) is 0 Å². The fraction of sp³-hybridized carbons (Fsp3) is 0.391. The summed E-state index contributed by atoms with van der Waals surface area (Å²) < 4.78 is 19.1. The van der Waals surface area contributed by atoms with E-state index in [4.69, 9.17) is 16.3 Å². The molecule has 3 amide bonds. The summed E-state index contributed by atoms with van der Waals surface area (Å²) in [5.41, 5.74) is 1.46. The van der Waals surface area contributed by atoms with E-state index >= 15 is 0 Å². The van der Waals surface area contributed by atoms with Gasteiger partial charge in [-0.2, -0.15) is 0 Å². The molecule has 1 aliphatic heterocycles. The van der Waals surface area contributed by atoms with Crippen molar-refractivity contribution < 1.29 is 18.7 Å². The zero-order valence-corrected chi connectivity index (χ0v) is 17.9. The van der Waals surface area contributed by atoms with Crippen molar-refractivity contribution in [3.63, 3.8) is 0 Å². The van der Waals surface area contributed by atoms with Crippen molar-refractivity contribution >= 4 is 29.4 Å². The molecule has 0 bridgehead atoms. The first-order chi connectivity index (χ1) is 15.0. The minimum atomic E-state index is -0.531. The molecular weight excluding hydrogens is 421 g/mol. The van der Waals surface area contributed by atoms with Crippen molar-refractivity contribution in [2.45, 2.75) is 44.4 Å². The number of hydrogen-bond acceptors (Lipinski definition) is 3. The number of nitrogens with zero attached hydrogens (tertiary/aromatic N) is 2. The summed E-state index contributed by atoms with van der Waals surface area (Å²) in [6.45, 7) is 1.36. The number of hydrogen-bond donors (Lipinski definition) is 1. The molecule has 2 aliphatic rings. The van der Waals surface area contributed by atoms with Gasteiger partial charge in [0.25, 0.3) is 0 Å². The number of nitrogens with one attached hydrogen (secondary N) is 1. The molecule has 2 fully saturated rings.